The van der Waals surface area contributed by atoms with E-state index >= 15 is 0 Å². The summed E-state index contributed by atoms with van der Waals surface area (Å²) in [6.45, 7) is 1.24. The second-order valence-corrected chi connectivity index (χ2v) is 2.61. The maximum Gasteiger partial charge on any atom is 0.0689 e. The molecule has 68 valence electrons. The normalized spacial score (nSPS) is 30.5. The maximum absolute atomic E-state index is 8.86. The fourth-order valence-corrected chi connectivity index (χ4v) is 0.897. The van der Waals surface area contributed by atoms with E-state index in [4.69, 9.17) is 10.2 Å². The second kappa shape index (κ2) is 6.54. The van der Waals surface area contributed by atoms with Crippen molar-refractivity contribution in [3.05, 3.63) is 0 Å². The Labute approximate surface area is 67.2 Å². The fourth-order valence-electron chi connectivity index (χ4n) is 0.897. The lowest BCUT2D eigenvalue weighted by Gasteiger charge is -2.22. The van der Waals surface area contributed by atoms with E-state index in [1.54, 1.807) is 14.2 Å². The van der Waals surface area contributed by atoms with Gasteiger partial charge in [-0.1, -0.05) is 0 Å². The molecule has 0 aromatic heterocycles. The zero-order valence-corrected chi connectivity index (χ0v) is 7.08. The molecule has 0 saturated carbocycles. The summed E-state index contributed by atoms with van der Waals surface area (Å²) in [7, 11) is 3.25. The molecule has 2 unspecified atom stereocenters. The first-order valence-corrected chi connectivity index (χ1v) is 3.67. The van der Waals surface area contributed by atoms with E-state index in [9.17, 15) is 0 Å². The molecule has 1 saturated heterocycles. The number of ether oxygens (including phenoxy) is 1. The van der Waals surface area contributed by atoms with Crippen molar-refractivity contribution in [1.82, 2.24) is 5.32 Å². The average molecular weight is 163 g/mol. The highest BCUT2D eigenvalue weighted by atomic mass is 16.4. The number of methoxy groups -OCH3 is 1. The number of β-amino-alcohol motifs (C(OH)–C–C–N with tert-alkyl or cyclic N) is 2. The minimum Gasteiger partial charge on any atom is -0.392 e. The maximum atomic E-state index is 8.86. The van der Waals surface area contributed by atoms with Crippen molar-refractivity contribution in [1.29, 1.82) is 0 Å². The third-order valence-corrected chi connectivity index (χ3v) is 1.30. The van der Waals surface area contributed by atoms with E-state index in [1.165, 1.54) is 0 Å². The van der Waals surface area contributed by atoms with Gasteiger partial charge in [-0.25, -0.2) is 0 Å². The summed E-state index contributed by atoms with van der Waals surface area (Å²) in [5.41, 5.74) is 0. The fraction of sp³-hybridized carbons (Fsp3) is 1.00. The summed E-state index contributed by atoms with van der Waals surface area (Å²) in [5.74, 6) is 0. The molecule has 4 nitrogen and oxygen atoms in total. The first-order valence-electron chi connectivity index (χ1n) is 3.67. The van der Waals surface area contributed by atoms with Crippen LogP contribution in [0, 0.1) is 0 Å². The minimum atomic E-state index is -0.348. The topological polar surface area (TPSA) is 61.7 Å². The molecule has 1 rings (SSSR count). The van der Waals surface area contributed by atoms with Crippen LogP contribution in [0.5, 0.6) is 0 Å². The summed E-state index contributed by atoms with van der Waals surface area (Å²) in [5, 5.41) is 20.6. The number of hydrogen-bond donors (Lipinski definition) is 3. The first kappa shape index (κ1) is 10.8. The van der Waals surface area contributed by atoms with Crippen molar-refractivity contribution in [2.24, 2.45) is 0 Å². The molecule has 1 aliphatic rings. The molecule has 0 amide bonds. The van der Waals surface area contributed by atoms with Gasteiger partial charge in [-0.2, -0.15) is 0 Å². The number of nitrogens with one attached hydrogen (secondary N) is 1. The lowest BCUT2D eigenvalue weighted by atomic mass is 10.1. The van der Waals surface area contributed by atoms with Gasteiger partial charge in [0.05, 0.1) is 12.2 Å². The molecule has 0 bridgehead atoms. The van der Waals surface area contributed by atoms with Crippen LogP contribution < -0.4 is 5.32 Å². The zero-order valence-electron chi connectivity index (χ0n) is 7.08. The third kappa shape index (κ3) is 6.25. The average Bonchev–Trinajstić information content (AvgIpc) is 1.88. The van der Waals surface area contributed by atoms with Crippen LogP contribution in [0.4, 0.5) is 0 Å². The minimum absolute atomic E-state index is 0.348. The molecule has 11 heavy (non-hydrogen) atoms. The highest BCUT2D eigenvalue weighted by Crippen LogP contribution is 2.00. The van der Waals surface area contributed by atoms with Gasteiger partial charge in [-0.3, -0.25) is 0 Å². The summed E-state index contributed by atoms with van der Waals surface area (Å²) in [6.07, 6.45) is -0.176. The van der Waals surface area contributed by atoms with Crippen LogP contribution >= 0.6 is 0 Å². The molecule has 1 aliphatic heterocycles. The Morgan fingerprint density at radius 1 is 1.18 bits per heavy atom. The van der Waals surface area contributed by atoms with E-state index in [0.717, 1.165) is 0 Å². The molecule has 0 aromatic rings. The van der Waals surface area contributed by atoms with Gasteiger partial charge in [0.1, 0.15) is 0 Å². The summed E-state index contributed by atoms with van der Waals surface area (Å²) in [6, 6.07) is 0. The molecule has 4 heteroatoms. The Balaban J connectivity index is 0.000000292. The molecule has 0 spiro atoms. The Bertz CT molecular complexity index is 81.8. The monoisotopic (exact) mass is 163 g/mol. The van der Waals surface area contributed by atoms with Crippen molar-refractivity contribution in [2.75, 3.05) is 27.3 Å². The third-order valence-electron chi connectivity index (χ3n) is 1.30. The van der Waals surface area contributed by atoms with Gasteiger partial charge < -0.3 is 20.3 Å². The molecule has 1 fully saturated rings. The number of hydrogen-bond acceptors (Lipinski definition) is 4. The molecule has 0 aromatic carbocycles. The van der Waals surface area contributed by atoms with Crippen LogP contribution in [0.1, 0.15) is 6.42 Å². The summed E-state index contributed by atoms with van der Waals surface area (Å²) >= 11 is 0. The molecular formula is C7H17NO3. The van der Waals surface area contributed by atoms with E-state index in [0.29, 0.717) is 19.5 Å². The van der Waals surface area contributed by atoms with Crippen molar-refractivity contribution >= 4 is 0 Å². The Morgan fingerprint density at radius 3 is 1.73 bits per heavy atom. The smallest absolute Gasteiger partial charge is 0.0689 e. The number of rotatable bonds is 0. The van der Waals surface area contributed by atoms with E-state index < -0.39 is 0 Å². The first-order chi connectivity index (χ1) is 5.20. The lowest BCUT2D eigenvalue weighted by molar-refractivity contribution is 0.0529. The summed E-state index contributed by atoms with van der Waals surface area (Å²) < 4.78 is 4.25. The van der Waals surface area contributed by atoms with Gasteiger partial charge in [0, 0.05) is 33.7 Å². The Hall–Kier alpha value is -0.160. The van der Waals surface area contributed by atoms with Crippen molar-refractivity contribution in [3.63, 3.8) is 0 Å². The van der Waals surface area contributed by atoms with Gasteiger partial charge in [-0.05, 0) is 0 Å². The van der Waals surface area contributed by atoms with Crippen LogP contribution in [0.15, 0.2) is 0 Å². The number of aliphatic hydroxyl groups is 2. The van der Waals surface area contributed by atoms with Crippen molar-refractivity contribution in [2.45, 2.75) is 18.6 Å². The largest absolute Gasteiger partial charge is 0.392 e. The Kier molecular flexibility index (Phi) is 6.45. The Morgan fingerprint density at radius 2 is 1.55 bits per heavy atom. The molecular weight excluding hydrogens is 146 g/mol. The highest BCUT2D eigenvalue weighted by Gasteiger charge is 2.16. The molecule has 2 atom stereocenters. The summed E-state index contributed by atoms with van der Waals surface area (Å²) in [4.78, 5) is 0. The lowest BCUT2D eigenvalue weighted by Crippen LogP contribution is -2.42. The van der Waals surface area contributed by atoms with E-state index in [-0.39, 0.29) is 12.2 Å². The predicted molar refractivity (Wildman–Crippen MR) is 42.4 cm³/mol. The van der Waals surface area contributed by atoms with E-state index in [2.05, 4.69) is 10.1 Å². The molecule has 0 radical (unpaired) electrons. The molecule has 0 aliphatic carbocycles. The number of aliphatic hydroxyl groups excluding tert-OH is 2. The SMILES string of the molecule is COC.OC1CNCC(O)C1. The standard InChI is InChI=1S/C5H11NO2.C2H6O/c7-4-1-5(8)3-6-2-4;1-3-2/h4-8H,1-3H2;1-2H3. The molecule has 1 heterocycles. The van der Waals surface area contributed by atoms with Gasteiger partial charge in [-0.15, -0.1) is 0 Å². The molecule has 3 N–H and O–H groups in total. The zero-order chi connectivity index (χ0) is 8.69. The second-order valence-electron chi connectivity index (χ2n) is 2.61. The van der Waals surface area contributed by atoms with Crippen LogP contribution in [0.2, 0.25) is 0 Å². The van der Waals surface area contributed by atoms with Crippen LogP contribution in [0.3, 0.4) is 0 Å². The van der Waals surface area contributed by atoms with Crippen molar-refractivity contribution in [3.8, 4) is 0 Å². The highest BCUT2D eigenvalue weighted by molar-refractivity contribution is 4.73. The van der Waals surface area contributed by atoms with Crippen LogP contribution in [-0.2, 0) is 4.74 Å². The van der Waals surface area contributed by atoms with Crippen LogP contribution in [-0.4, -0.2) is 49.7 Å². The predicted octanol–water partition coefficient (Wildman–Crippen LogP) is -1.04. The van der Waals surface area contributed by atoms with E-state index in [1.807, 2.05) is 0 Å². The van der Waals surface area contributed by atoms with Gasteiger partial charge in [0.2, 0.25) is 0 Å². The van der Waals surface area contributed by atoms with Gasteiger partial charge in [0.15, 0.2) is 0 Å². The van der Waals surface area contributed by atoms with Gasteiger partial charge >= 0.3 is 0 Å². The quantitative estimate of drug-likeness (QED) is 0.427. The van der Waals surface area contributed by atoms with Crippen LogP contribution in [0.25, 0.3) is 0 Å². The van der Waals surface area contributed by atoms with Crippen molar-refractivity contribution < 1.29 is 14.9 Å². The number of piperidine rings is 1. The van der Waals surface area contributed by atoms with Gasteiger partial charge in [0.25, 0.3) is 0 Å².